The Morgan fingerprint density at radius 3 is 2.62 bits per heavy atom. The van der Waals surface area contributed by atoms with Crippen molar-refractivity contribution in [3.05, 3.63) is 35.4 Å². The molecule has 0 aromatic heterocycles. The quantitative estimate of drug-likeness (QED) is 0.715. The van der Waals surface area contributed by atoms with Crippen LogP contribution in [0.25, 0.3) is 0 Å². The summed E-state index contributed by atoms with van der Waals surface area (Å²) in [6.07, 6.45) is 6.36. The Balaban J connectivity index is 1.98. The first-order valence-corrected chi connectivity index (χ1v) is 7.21. The van der Waals surface area contributed by atoms with Gasteiger partial charge in [0, 0.05) is 31.2 Å². The Labute approximate surface area is 137 Å². The maximum Gasteiger partial charge on any atom is 0.331 e. The van der Waals surface area contributed by atoms with Crippen LogP contribution >= 0.6 is 0 Å². The third kappa shape index (κ3) is 4.35. The van der Waals surface area contributed by atoms with Crippen molar-refractivity contribution in [1.29, 1.82) is 0 Å². The van der Waals surface area contributed by atoms with Crippen molar-refractivity contribution in [3.63, 3.8) is 0 Å². The molecule has 0 bridgehead atoms. The van der Waals surface area contributed by atoms with E-state index in [4.69, 9.17) is 6.42 Å². The summed E-state index contributed by atoms with van der Waals surface area (Å²) in [5.41, 5.74) is -1.12. The number of hydrogen-bond acceptors (Lipinski definition) is 4. The van der Waals surface area contributed by atoms with Gasteiger partial charge < -0.3 is 10.4 Å². The van der Waals surface area contributed by atoms with Crippen molar-refractivity contribution >= 4 is 11.9 Å². The Morgan fingerprint density at radius 2 is 2.04 bits per heavy atom. The van der Waals surface area contributed by atoms with Gasteiger partial charge in [0.25, 0.3) is 0 Å². The fourth-order valence-corrected chi connectivity index (χ4v) is 2.22. The van der Waals surface area contributed by atoms with Crippen LogP contribution in [0, 0.1) is 24.0 Å². The summed E-state index contributed by atoms with van der Waals surface area (Å²) in [5, 5.41) is 19.1. The molecule has 0 fully saturated rings. The van der Waals surface area contributed by atoms with Crippen LogP contribution in [0.2, 0.25) is 0 Å². The van der Waals surface area contributed by atoms with Crippen molar-refractivity contribution in [1.82, 2.24) is 5.32 Å². The van der Waals surface area contributed by atoms with Gasteiger partial charge in [-0.05, 0) is 18.2 Å². The van der Waals surface area contributed by atoms with Gasteiger partial charge in [-0.25, -0.2) is 13.6 Å². The summed E-state index contributed by atoms with van der Waals surface area (Å²) in [5.74, 6) is -1.37. The van der Waals surface area contributed by atoms with Crippen molar-refractivity contribution in [2.45, 2.75) is 37.4 Å². The third-order valence-corrected chi connectivity index (χ3v) is 3.63. The van der Waals surface area contributed by atoms with E-state index in [-0.39, 0.29) is 12.8 Å². The van der Waals surface area contributed by atoms with E-state index in [9.17, 15) is 23.5 Å². The molecule has 0 saturated heterocycles. The maximum absolute atomic E-state index is 13.7. The number of carbonyl (C=O) groups is 2. The van der Waals surface area contributed by atoms with Crippen molar-refractivity contribution in [2.75, 3.05) is 0 Å². The molecule has 1 aromatic rings. The predicted molar refractivity (Wildman–Crippen MR) is 79.8 cm³/mol. The molecule has 1 heterocycles. The average Bonchev–Trinajstić information content (AvgIpc) is 3.31. The van der Waals surface area contributed by atoms with Crippen LogP contribution in [0.1, 0.15) is 37.3 Å². The third-order valence-electron chi connectivity index (χ3n) is 3.63. The smallest absolute Gasteiger partial charge is 0.331 e. The molecule has 1 amide bonds. The number of benzene rings is 1. The number of carbonyl (C=O) groups excluding carboxylic acids is 1. The number of rotatable bonds is 8. The topological polar surface area (TPSA) is 91.1 Å². The number of amides is 1. The number of halogens is 2. The number of carboxylic acid groups (broad SMARTS) is 1. The van der Waals surface area contributed by atoms with E-state index >= 15 is 0 Å². The summed E-state index contributed by atoms with van der Waals surface area (Å²) in [6, 6.07) is 0.742. The van der Waals surface area contributed by atoms with E-state index in [0.29, 0.717) is 12.8 Å². The lowest BCUT2D eigenvalue weighted by atomic mass is 10.0. The van der Waals surface area contributed by atoms with Gasteiger partial charge >= 0.3 is 5.97 Å². The minimum Gasteiger partial charge on any atom is -0.479 e. The van der Waals surface area contributed by atoms with Gasteiger partial charge in [0.2, 0.25) is 5.91 Å². The molecule has 126 valence electrons. The molecule has 24 heavy (non-hydrogen) atoms. The molecule has 0 aliphatic carbocycles. The molecule has 0 saturated carbocycles. The first-order valence-electron chi connectivity index (χ1n) is 7.21. The highest BCUT2D eigenvalue weighted by molar-refractivity contribution is 5.84. The van der Waals surface area contributed by atoms with Crippen molar-refractivity contribution in [3.8, 4) is 12.3 Å². The second-order valence-corrected chi connectivity index (χ2v) is 5.39. The first-order chi connectivity index (χ1) is 11.4. The molecule has 1 aliphatic rings. The molecule has 1 aromatic carbocycles. The minimum absolute atomic E-state index is 0.0573. The zero-order valence-electron chi connectivity index (χ0n) is 12.6. The normalized spacial score (nSPS) is 15.4. The number of carboxylic acids is 1. The van der Waals surface area contributed by atoms with E-state index in [1.807, 2.05) is 0 Å². The number of aliphatic carboxylic acids is 1. The molecule has 2 N–H and O–H groups in total. The lowest BCUT2D eigenvalue weighted by Gasteiger charge is -2.16. The van der Waals surface area contributed by atoms with E-state index in [1.165, 1.54) is 0 Å². The number of terminal acetylenes is 1. The van der Waals surface area contributed by atoms with Gasteiger partial charge in [-0.15, -0.1) is 12.3 Å². The maximum atomic E-state index is 13.7. The summed E-state index contributed by atoms with van der Waals surface area (Å²) >= 11 is 0. The molecule has 6 nitrogen and oxygen atoms in total. The number of nitrogens with zero attached hydrogens (tertiary/aromatic N) is 2. The molecule has 1 aliphatic heterocycles. The molecule has 0 spiro atoms. The van der Waals surface area contributed by atoms with Gasteiger partial charge in [-0.1, -0.05) is 0 Å². The fourth-order valence-electron chi connectivity index (χ4n) is 2.22. The second kappa shape index (κ2) is 7.17. The fraction of sp³-hybridized carbons (Fsp3) is 0.375. The zero-order valence-corrected chi connectivity index (χ0v) is 12.6. The highest BCUT2D eigenvalue weighted by Crippen LogP contribution is 2.37. The van der Waals surface area contributed by atoms with Gasteiger partial charge in [0.05, 0.1) is 0 Å². The van der Waals surface area contributed by atoms with Gasteiger partial charge in [0.1, 0.15) is 11.6 Å². The van der Waals surface area contributed by atoms with Crippen LogP contribution in [0.5, 0.6) is 0 Å². The van der Waals surface area contributed by atoms with E-state index < -0.39 is 40.8 Å². The highest BCUT2D eigenvalue weighted by atomic mass is 19.1. The predicted octanol–water partition coefficient (Wildman–Crippen LogP) is 2.56. The van der Waals surface area contributed by atoms with E-state index in [1.54, 1.807) is 0 Å². The SMILES string of the molecule is C#CCCC1(CCC(=O)NC(C(=O)O)c2cc(F)ccc2F)N=N1. The minimum atomic E-state index is -1.68. The Kier molecular flexibility index (Phi) is 5.24. The molecule has 1 atom stereocenters. The summed E-state index contributed by atoms with van der Waals surface area (Å²) < 4.78 is 27.0. The first kappa shape index (κ1) is 17.5. The van der Waals surface area contributed by atoms with Crippen LogP contribution in [-0.4, -0.2) is 22.6 Å². The van der Waals surface area contributed by atoms with Gasteiger partial charge in [-0.3, -0.25) is 4.79 Å². The summed E-state index contributed by atoms with van der Waals surface area (Å²) in [7, 11) is 0. The summed E-state index contributed by atoms with van der Waals surface area (Å²) in [6.45, 7) is 0. The highest BCUT2D eigenvalue weighted by Gasteiger charge is 2.39. The van der Waals surface area contributed by atoms with Gasteiger partial charge in [0.15, 0.2) is 11.7 Å². The largest absolute Gasteiger partial charge is 0.479 e. The van der Waals surface area contributed by atoms with Crippen LogP contribution < -0.4 is 5.32 Å². The molecule has 1 unspecified atom stereocenters. The zero-order chi connectivity index (χ0) is 17.7. The van der Waals surface area contributed by atoms with Gasteiger partial charge in [-0.2, -0.15) is 10.2 Å². The van der Waals surface area contributed by atoms with Crippen LogP contribution in [0.4, 0.5) is 8.78 Å². The Morgan fingerprint density at radius 1 is 1.33 bits per heavy atom. The lowest BCUT2D eigenvalue weighted by molar-refractivity contribution is -0.142. The molecular formula is C16H15F2N3O3. The molecular weight excluding hydrogens is 320 g/mol. The molecule has 0 radical (unpaired) electrons. The molecule has 2 rings (SSSR count). The number of hydrogen-bond donors (Lipinski definition) is 2. The second-order valence-electron chi connectivity index (χ2n) is 5.39. The summed E-state index contributed by atoms with van der Waals surface area (Å²) in [4.78, 5) is 23.3. The van der Waals surface area contributed by atoms with Crippen LogP contribution in [-0.2, 0) is 9.59 Å². The Hall–Kier alpha value is -2.82. The molecule has 8 heteroatoms. The monoisotopic (exact) mass is 335 g/mol. The van der Waals surface area contributed by atoms with Crippen molar-refractivity contribution in [2.24, 2.45) is 10.2 Å². The van der Waals surface area contributed by atoms with Crippen molar-refractivity contribution < 1.29 is 23.5 Å². The average molecular weight is 335 g/mol. The van der Waals surface area contributed by atoms with E-state index in [0.717, 1.165) is 18.2 Å². The number of nitrogens with one attached hydrogen (secondary N) is 1. The Bertz CT molecular complexity index is 722. The van der Waals surface area contributed by atoms with E-state index in [2.05, 4.69) is 21.5 Å². The standard InChI is InChI=1S/C16H15F2N3O3/c1-2-3-7-16(20-21-16)8-6-13(22)19-14(15(23)24)11-9-10(17)4-5-12(11)18/h1,4-5,9,14H,3,6-8H2,(H,19,22)(H,23,24). The van der Waals surface area contributed by atoms with Crippen LogP contribution in [0.3, 0.4) is 0 Å². The van der Waals surface area contributed by atoms with Crippen LogP contribution in [0.15, 0.2) is 28.4 Å². The lowest BCUT2D eigenvalue weighted by Crippen LogP contribution is -2.35.